The van der Waals surface area contributed by atoms with Gasteiger partial charge in [-0.05, 0) is 62.0 Å². The maximum absolute atomic E-state index is 9.94. The highest BCUT2D eigenvalue weighted by atomic mass is 16.3. The molecule has 0 aromatic heterocycles. The van der Waals surface area contributed by atoms with Crippen LogP contribution >= 0.6 is 0 Å². The topological polar surface area (TPSA) is 23.5 Å². The summed E-state index contributed by atoms with van der Waals surface area (Å²) in [4.78, 5) is 2.74. The zero-order chi connectivity index (χ0) is 13.5. The summed E-state index contributed by atoms with van der Waals surface area (Å²) in [5.74, 6) is 0.721. The van der Waals surface area contributed by atoms with E-state index < -0.39 is 0 Å². The Morgan fingerprint density at radius 3 is 2.60 bits per heavy atom. The van der Waals surface area contributed by atoms with Gasteiger partial charge in [0.05, 0.1) is 6.10 Å². The smallest absolute Gasteiger partial charge is 0.0570 e. The van der Waals surface area contributed by atoms with Crippen LogP contribution in [0.15, 0.2) is 24.3 Å². The number of fused-ring (bicyclic) bond motifs is 3. The molecule has 2 heteroatoms. The minimum absolute atomic E-state index is 0.0395. The molecule has 3 aliphatic rings. The van der Waals surface area contributed by atoms with E-state index in [1.54, 1.807) is 11.1 Å². The fourth-order valence-electron chi connectivity index (χ4n) is 4.84. The summed E-state index contributed by atoms with van der Waals surface area (Å²) in [6.45, 7) is 1.22. The Bertz CT molecular complexity index is 472. The third-order valence-electron chi connectivity index (χ3n) is 5.78. The molecular formula is C18H25NO. The molecule has 3 atom stereocenters. The van der Waals surface area contributed by atoms with Crippen LogP contribution in [0.4, 0.5) is 0 Å². The molecule has 2 aliphatic heterocycles. The second-order valence-corrected chi connectivity index (χ2v) is 6.99. The average Bonchev–Trinajstić information content (AvgIpc) is 2.70. The Balaban J connectivity index is 1.53. The molecule has 4 rings (SSSR count). The Kier molecular flexibility index (Phi) is 3.31. The highest BCUT2D eigenvalue weighted by molar-refractivity contribution is 5.33. The van der Waals surface area contributed by atoms with Crippen molar-refractivity contribution in [1.82, 2.24) is 4.90 Å². The quantitative estimate of drug-likeness (QED) is 0.893. The van der Waals surface area contributed by atoms with Crippen molar-refractivity contribution in [2.45, 2.75) is 69.1 Å². The third-order valence-corrected chi connectivity index (χ3v) is 5.78. The van der Waals surface area contributed by atoms with Crippen LogP contribution in [0.1, 0.15) is 55.6 Å². The number of benzene rings is 1. The highest BCUT2D eigenvalue weighted by Crippen LogP contribution is 2.39. The lowest BCUT2D eigenvalue weighted by molar-refractivity contribution is 0.0312. The van der Waals surface area contributed by atoms with Gasteiger partial charge in [-0.1, -0.05) is 24.3 Å². The van der Waals surface area contributed by atoms with Gasteiger partial charge in [0.1, 0.15) is 0 Å². The van der Waals surface area contributed by atoms with Gasteiger partial charge in [-0.15, -0.1) is 0 Å². The van der Waals surface area contributed by atoms with Gasteiger partial charge in [-0.25, -0.2) is 0 Å². The van der Waals surface area contributed by atoms with Gasteiger partial charge < -0.3 is 5.11 Å². The maximum Gasteiger partial charge on any atom is 0.0570 e. The van der Waals surface area contributed by atoms with E-state index in [0.29, 0.717) is 12.1 Å². The number of aryl methyl sites for hydroxylation is 1. The van der Waals surface area contributed by atoms with Crippen molar-refractivity contribution in [1.29, 1.82) is 0 Å². The lowest BCUT2D eigenvalue weighted by Crippen LogP contribution is -2.46. The maximum atomic E-state index is 9.94. The van der Waals surface area contributed by atoms with Gasteiger partial charge in [0.2, 0.25) is 0 Å². The summed E-state index contributed by atoms with van der Waals surface area (Å²) in [6, 6.07) is 10.3. The van der Waals surface area contributed by atoms with E-state index in [1.807, 2.05) is 0 Å². The molecule has 2 fully saturated rings. The van der Waals surface area contributed by atoms with Crippen LogP contribution in [0.2, 0.25) is 0 Å². The molecule has 0 radical (unpaired) electrons. The number of aliphatic hydroxyl groups is 1. The number of aliphatic hydroxyl groups excluding tert-OH is 1. The van der Waals surface area contributed by atoms with Gasteiger partial charge in [0, 0.05) is 18.6 Å². The average molecular weight is 271 g/mol. The molecule has 0 spiro atoms. The van der Waals surface area contributed by atoms with Gasteiger partial charge in [-0.3, -0.25) is 4.90 Å². The van der Waals surface area contributed by atoms with E-state index in [2.05, 4.69) is 29.2 Å². The predicted molar refractivity (Wildman–Crippen MR) is 80.9 cm³/mol. The number of hydrogen-bond acceptors (Lipinski definition) is 2. The molecule has 2 heterocycles. The first-order valence-corrected chi connectivity index (χ1v) is 8.33. The van der Waals surface area contributed by atoms with Crippen molar-refractivity contribution in [2.75, 3.05) is 6.54 Å². The van der Waals surface area contributed by atoms with Gasteiger partial charge in [0.15, 0.2) is 0 Å². The largest absolute Gasteiger partial charge is 0.393 e. The Labute approximate surface area is 121 Å². The number of nitrogens with zero attached hydrogens (tertiary/aromatic N) is 1. The van der Waals surface area contributed by atoms with Crippen LogP contribution < -0.4 is 0 Å². The van der Waals surface area contributed by atoms with Crippen LogP contribution in [0.25, 0.3) is 0 Å². The van der Waals surface area contributed by atoms with E-state index in [-0.39, 0.29) is 6.10 Å². The third kappa shape index (κ3) is 2.19. The molecule has 1 aromatic rings. The summed E-state index contributed by atoms with van der Waals surface area (Å²) in [5, 5.41) is 9.94. The van der Waals surface area contributed by atoms with Gasteiger partial charge in [0.25, 0.3) is 0 Å². The summed E-state index contributed by atoms with van der Waals surface area (Å²) in [5.41, 5.74) is 3.18. The second kappa shape index (κ2) is 5.16. The van der Waals surface area contributed by atoms with Crippen molar-refractivity contribution >= 4 is 0 Å². The first kappa shape index (κ1) is 12.8. The molecule has 1 aromatic carbocycles. The van der Waals surface area contributed by atoms with Crippen molar-refractivity contribution in [3.05, 3.63) is 35.4 Å². The lowest BCUT2D eigenvalue weighted by atomic mass is 9.82. The number of piperidine rings is 1. The molecule has 2 saturated heterocycles. The number of rotatable bonds is 2. The number of hydrogen-bond donors (Lipinski definition) is 1. The summed E-state index contributed by atoms with van der Waals surface area (Å²) >= 11 is 0. The Hall–Kier alpha value is -0.860. The molecule has 1 N–H and O–H groups in total. The van der Waals surface area contributed by atoms with Crippen molar-refractivity contribution < 1.29 is 5.11 Å². The summed E-state index contributed by atoms with van der Waals surface area (Å²) in [7, 11) is 0. The van der Waals surface area contributed by atoms with Crippen LogP contribution in [-0.2, 0) is 6.42 Å². The minimum Gasteiger partial charge on any atom is -0.393 e. The minimum atomic E-state index is -0.0395. The van der Waals surface area contributed by atoms with Crippen molar-refractivity contribution in [2.24, 2.45) is 0 Å². The zero-order valence-corrected chi connectivity index (χ0v) is 12.2. The van der Waals surface area contributed by atoms with E-state index in [1.165, 1.54) is 38.6 Å². The normalized spacial score (nSPS) is 36.9. The predicted octanol–water partition coefficient (Wildman–Crippen LogP) is 3.09. The van der Waals surface area contributed by atoms with Crippen LogP contribution in [0, 0.1) is 0 Å². The first-order valence-electron chi connectivity index (χ1n) is 8.33. The molecule has 3 unspecified atom stereocenters. The van der Waals surface area contributed by atoms with Crippen molar-refractivity contribution in [3.63, 3.8) is 0 Å². The standard InChI is InChI=1S/C18H25NO/c20-17-10-15-8-9-16(11-17)19(15)12-14-6-3-5-13-4-1-2-7-18(13)14/h1-2,4,7,14-17,20H,3,5-6,8-12H2. The zero-order valence-electron chi connectivity index (χ0n) is 12.2. The molecular weight excluding hydrogens is 246 g/mol. The van der Waals surface area contributed by atoms with Crippen LogP contribution in [0.3, 0.4) is 0 Å². The fraction of sp³-hybridized carbons (Fsp3) is 0.667. The molecule has 2 nitrogen and oxygen atoms in total. The Morgan fingerprint density at radius 2 is 1.80 bits per heavy atom. The van der Waals surface area contributed by atoms with E-state index in [0.717, 1.165) is 18.8 Å². The molecule has 1 aliphatic carbocycles. The van der Waals surface area contributed by atoms with Gasteiger partial charge in [-0.2, -0.15) is 0 Å². The van der Waals surface area contributed by atoms with Crippen LogP contribution in [-0.4, -0.2) is 34.7 Å². The Morgan fingerprint density at radius 1 is 1.05 bits per heavy atom. The second-order valence-electron chi connectivity index (χ2n) is 6.99. The fourth-order valence-corrected chi connectivity index (χ4v) is 4.84. The molecule has 108 valence electrons. The van der Waals surface area contributed by atoms with E-state index in [9.17, 15) is 5.11 Å². The van der Waals surface area contributed by atoms with Crippen molar-refractivity contribution in [3.8, 4) is 0 Å². The lowest BCUT2D eigenvalue weighted by Gasteiger charge is -2.40. The molecule has 20 heavy (non-hydrogen) atoms. The van der Waals surface area contributed by atoms with E-state index >= 15 is 0 Å². The SMILES string of the molecule is OC1CC2CCC(C1)N2CC1CCCc2ccccc21. The first-order chi connectivity index (χ1) is 9.81. The molecule has 2 bridgehead atoms. The highest BCUT2D eigenvalue weighted by Gasteiger charge is 2.41. The molecule has 0 amide bonds. The molecule has 0 saturated carbocycles. The summed E-state index contributed by atoms with van der Waals surface area (Å²) < 4.78 is 0. The van der Waals surface area contributed by atoms with E-state index in [4.69, 9.17) is 0 Å². The monoisotopic (exact) mass is 271 g/mol. The van der Waals surface area contributed by atoms with Crippen LogP contribution in [0.5, 0.6) is 0 Å². The van der Waals surface area contributed by atoms with Gasteiger partial charge >= 0.3 is 0 Å². The summed E-state index contributed by atoms with van der Waals surface area (Å²) in [6.07, 6.45) is 8.52.